The molecule has 26 heavy (non-hydrogen) atoms. The van der Waals surface area contributed by atoms with E-state index in [-0.39, 0.29) is 27.4 Å². The fourth-order valence-electron chi connectivity index (χ4n) is 0.287. The molecule has 0 bridgehead atoms. The van der Waals surface area contributed by atoms with E-state index in [0.29, 0.717) is 4.65 Å². The second kappa shape index (κ2) is 34.8. The van der Waals surface area contributed by atoms with Crippen molar-refractivity contribution in [2.24, 2.45) is 0 Å². The molecule has 1 radical (unpaired) electrons. The zero-order valence-corrected chi connectivity index (χ0v) is 18.5. The maximum atomic E-state index is 10.1. The molecule has 0 aromatic heterocycles. The van der Waals surface area contributed by atoms with Crippen molar-refractivity contribution < 1.29 is 44.7 Å². The van der Waals surface area contributed by atoms with Gasteiger partial charge in [-0.1, -0.05) is 12.2 Å². The Morgan fingerprint density at radius 1 is 0.692 bits per heavy atom. The van der Waals surface area contributed by atoms with Gasteiger partial charge in [-0.3, -0.25) is 14.4 Å². The number of carboxylic acid groups (broad SMARTS) is 3. The van der Waals surface area contributed by atoms with E-state index < -0.39 is 17.9 Å². The van der Waals surface area contributed by atoms with Crippen LogP contribution in [0.2, 0.25) is 5.28 Å². The lowest BCUT2D eigenvalue weighted by molar-refractivity contribution is -0.135. The number of rotatable bonds is 2. The Morgan fingerprint density at radius 3 is 0.808 bits per heavy atom. The van der Waals surface area contributed by atoms with Gasteiger partial charge in [0.25, 0.3) is 17.9 Å². The summed E-state index contributed by atoms with van der Waals surface area (Å²) in [6.45, 7) is 13.8. The van der Waals surface area contributed by atoms with Gasteiger partial charge in [0.2, 0.25) is 0 Å². The largest absolute Gasteiger partial charge is 0.481 e. The average Bonchev–Trinajstić information content (AvgIpc) is 2.23. The SMILES string of the molecule is CC(=O)O.CC(=O)O.CC(=O)O.CC(C)O.CC(C)O.C[CH2][Al][C](C)=O. The highest BCUT2D eigenvalue weighted by Gasteiger charge is 1.89. The molecule has 5 N–H and O–H groups in total. The summed E-state index contributed by atoms with van der Waals surface area (Å²) in [5.41, 5.74) is 0. The van der Waals surface area contributed by atoms with E-state index in [2.05, 4.69) is 0 Å². The van der Waals surface area contributed by atoms with Crippen LogP contribution in [-0.4, -0.2) is 75.5 Å². The Hall–Kier alpha value is -1.47. The molecular formula is C16H36AlO9. The minimum Gasteiger partial charge on any atom is -0.481 e. The van der Waals surface area contributed by atoms with Gasteiger partial charge in [0.05, 0.1) is 0 Å². The first-order valence-corrected chi connectivity index (χ1v) is 9.11. The van der Waals surface area contributed by atoms with E-state index in [9.17, 15) is 4.79 Å². The molecule has 0 spiro atoms. The van der Waals surface area contributed by atoms with Crippen molar-refractivity contribution in [1.82, 2.24) is 0 Å². The summed E-state index contributed by atoms with van der Waals surface area (Å²) >= 11 is 0.125. The van der Waals surface area contributed by atoms with E-state index in [1.54, 1.807) is 34.6 Å². The number of aliphatic hydroxyl groups is 2. The predicted octanol–water partition coefficient (Wildman–Crippen LogP) is 1.72. The number of carbonyl (C=O) groups excluding carboxylic acids is 1. The normalized spacial score (nSPS) is 7.42. The van der Waals surface area contributed by atoms with E-state index >= 15 is 0 Å². The van der Waals surface area contributed by atoms with Gasteiger partial charge in [-0.2, -0.15) is 0 Å². The van der Waals surface area contributed by atoms with Crippen molar-refractivity contribution in [2.75, 3.05) is 0 Å². The smallest absolute Gasteiger partial charge is 0.312 e. The van der Waals surface area contributed by atoms with Gasteiger partial charge in [-0.25, -0.2) is 0 Å². The number of carboxylic acids is 3. The van der Waals surface area contributed by atoms with Gasteiger partial charge in [-0.05, 0) is 34.6 Å². The van der Waals surface area contributed by atoms with Crippen LogP contribution in [0.5, 0.6) is 0 Å². The van der Waals surface area contributed by atoms with E-state index in [1.807, 2.05) is 6.92 Å². The Balaban J connectivity index is -0.0000000466. The number of hydrogen-bond acceptors (Lipinski definition) is 6. The van der Waals surface area contributed by atoms with Crippen LogP contribution in [0.4, 0.5) is 0 Å². The topological polar surface area (TPSA) is 169 Å². The second-order valence-corrected chi connectivity index (χ2v) is 7.01. The summed E-state index contributed by atoms with van der Waals surface area (Å²) < 4.78 is 0.373. The lowest BCUT2D eigenvalue weighted by atomic mass is 10.5. The second-order valence-electron chi connectivity index (χ2n) is 4.97. The predicted molar refractivity (Wildman–Crippen MR) is 102 cm³/mol. The van der Waals surface area contributed by atoms with Gasteiger partial charge in [0.15, 0.2) is 0 Å². The Morgan fingerprint density at radius 2 is 0.808 bits per heavy atom. The average molecular weight is 399 g/mol. The fraction of sp³-hybridized carbons (Fsp3) is 0.750. The molecule has 157 valence electrons. The van der Waals surface area contributed by atoms with Crippen LogP contribution >= 0.6 is 0 Å². The molecule has 0 aliphatic heterocycles. The Kier molecular flexibility index (Phi) is 52.9. The summed E-state index contributed by atoms with van der Waals surface area (Å²) in [4.78, 5) is 37.1. The zero-order valence-electron chi connectivity index (χ0n) is 17.3. The molecule has 0 saturated carbocycles. The number of aliphatic carboxylic acids is 3. The molecule has 0 aliphatic carbocycles. The minimum absolute atomic E-state index is 0.125. The van der Waals surface area contributed by atoms with Gasteiger partial charge in [0, 0.05) is 37.6 Å². The Labute approximate surface area is 162 Å². The molecule has 0 unspecified atom stereocenters. The van der Waals surface area contributed by atoms with Gasteiger partial charge < -0.3 is 30.3 Å². The first kappa shape index (κ1) is 39.6. The molecule has 0 amide bonds. The fourth-order valence-corrected chi connectivity index (χ4v) is 0.862. The number of hydrogen-bond donors (Lipinski definition) is 5. The van der Waals surface area contributed by atoms with E-state index in [0.717, 1.165) is 26.1 Å². The standard InChI is InChI=1S/2C3H8O.3C2H4O2.C2H3O.C2H5.Al/c2*1-3(2)4;3*1-2(3)4;1-2-3;1-2;/h2*3-4H,1-2H3;3*1H3,(H,3,4);1H3;1H2,2H3;. The summed E-state index contributed by atoms with van der Waals surface area (Å²) in [7, 11) is 0. The summed E-state index contributed by atoms with van der Waals surface area (Å²) in [5, 5.41) is 39.4. The van der Waals surface area contributed by atoms with Crippen LogP contribution in [0, 0.1) is 0 Å². The van der Waals surface area contributed by atoms with Gasteiger partial charge in [0.1, 0.15) is 0 Å². The molecule has 0 atom stereocenters. The molecule has 9 nitrogen and oxygen atoms in total. The molecule has 0 aliphatic rings. The zero-order chi connectivity index (χ0) is 22.9. The third kappa shape index (κ3) is 4450. The Bertz CT molecular complexity index is 278. The maximum absolute atomic E-state index is 10.1. The molecule has 0 heterocycles. The number of carbonyl (C=O) groups is 4. The van der Waals surface area contributed by atoms with Gasteiger partial charge >= 0.3 is 15.2 Å². The van der Waals surface area contributed by atoms with Crippen molar-refractivity contribution in [1.29, 1.82) is 0 Å². The molecule has 0 rings (SSSR count). The molecule has 0 fully saturated rings. The monoisotopic (exact) mass is 399 g/mol. The molecule has 10 heteroatoms. The molecule has 0 aromatic carbocycles. The third-order valence-electron chi connectivity index (χ3n) is 0.492. The van der Waals surface area contributed by atoms with Gasteiger partial charge in [-0.15, -0.1) is 0 Å². The van der Waals surface area contributed by atoms with Crippen molar-refractivity contribution in [2.45, 2.75) is 79.8 Å². The van der Waals surface area contributed by atoms with Crippen LogP contribution in [0.15, 0.2) is 0 Å². The first-order valence-electron chi connectivity index (χ1n) is 7.72. The van der Waals surface area contributed by atoms with E-state index in [1.165, 1.54) is 0 Å². The minimum atomic E-state index is -0.833. The number of aliphatic hydroxyl groups excluding tert-OH is 2. The first-order chi connectivity index (χ1) is 11.4. The van der Waals surface area contributed by atoms with Crippen molar-refractivity contribution in [3.05, 3.63) is 0 Å². The third-order valence-corrected chi connectivity index (χ3v) is 1.47. The highest BCUT2D eigenvalue weighted by atomic mass is 27.1. The highest BCUT2D eigenvalue weighted by Crippen LogP contribution is 1.71. The van der Waals surface area contributed by atoms with Crippen molar-refractivity contribution in [3.8, 4) is 0 Å². The summed E-state index contributed by atoms with van der Waals surface area (Å²) in [6, 6.07) is 0. The summed E-state index contributed by atoms with van der Waals surface area (Å²) in [6.07, 6.45) is -0.333. The van der Waals surface area contributed by atoms with Crippen LogP contribution in [0.1, 0.15) is 62.3 Å². The van der Waals surface area contributed by atoms with E-state index in [4.69, 9.17) is 39.9 Å². The van der Waals surface area contributed by atoms with Crippen LogP contribution in [0.3, 0.4) is 0 Å². The summed E-state index contributed by atoms with van der Waals surface area (Å²) in [5.74, 6) is -2.50. The van der Waals surface area contributed by atoms with Crippen LogP contribution < -0.4 is 0 Å². The van der Waals surface area contributed by atoms with Crippen molar-refractivity contribution in [3.63, 3.8) is 0 Å². The molecule has 0 saturated heterocycles. The van der Waals surface area contributed by atoms with Crippen LogP contribution in [-0.2, 0) is 19.2 Å². The van der Waals surface area contributed by atoms with Crippen molar-refractivity contribution >= 4 is 37.8 Å². The lowest BCUT2D eigenvalue weighted by Gasteiger charge is -1.80. The molecular weight excluding hydrogens is 363 g/mol. The highest BCUT2D eigenvalue weighted by molar-refractivity contribution is 6.73. The quantitative estimate of drug-likeness (QED) is 0.434. The lowest BCUT2D eigenvalue weighted by Crippen LogP contribution is -1.99. The molecule has 0 aromatic rings. The van der Waals surface area contributed by atoms with Crippen LogP contribution in [0.25, 0.3) is 0 Å². The maximum Gasteiger partial charge on any atom is 0.312 e.